The number of hydrogen-bond donors (Lipinski definition) is 1. The predicted molar refractivity (Wildman–Crippen MR) is 56.3 cm³/mol. The topological polar surface area (TPSA) is 46.5 Å². The minimum absolute atomic E-state index is 0.137. The molecule has 0 aromatic carbocycles. The van der Waals surface area contributed by atoms with Crippen LogP contribution < -0.4 is 0 Å². The fourth-order valence-electron chi connectivity index (χ4n) is 2.30. The first-order valence-electron chi connectivity index (χ1n) is 5.32. The van der Waals surface area contributed by atoms with Crippen LogP contribution in [-0.4, -0.2) is 29.7 Å². The smallest absolute Gasteiger partial charge is 0.187 e. The van der Waals surface area contributed by atoms with Gasteiger partial charge in [0.1, 0.15) is 5.60 Å². The van der Waals surface area contributed by atoms with E-state index in [0.29, 0.717) is 6.61 Å². The van der Waals surface area contributed by atoms with Gasteiger partial charge in [0.05, 0.1) is 6.61 Å². The largest absolute Gasteiger partial charge is 0.381 e. The van der Waals surface area contributed by atoms with Crippen molar-refractivity contribution < 1.29 is 14.6 Å². The number of rotatable bonds is 1. The fraction of sp³-hybridized carbons (Fsp3) is 0.583. The van der Waals surface area contributed by atoms with Gasteiger partial charge in [-0.1, -0.05) is 18.2 Å². The summed E-state index contributed by atoms with van der Waals surface area (Å²) >= 11 is 0. The van der Waals surface area contributed by atoms with Crippen molar-refractivity contribution in [1.82, 2.24) is 0 Å². The second kappa shape index (κ2) is 3.91. The molecule has 0 aromatic heterocycles. The van der Waals surface area contributed by atoms with Gasteiger partial charge in [-0.05, 0) is 25.3 Å². The highest BCUT2D eigenvalue weighted by Gasteiger charge is 2.42. The SMILES string of the molecule is CC1(O)C(=O)C=CC=CC1C1CCOC1. The van der Waals surface area contributed by atoms with Crippen LogP contribution in [0.2, 0.25) is 0 Å². The van der Waals surface area contributed by atoms with E-state index < -0.39 is 5.60 Å². The van der Waals surface area contributed by atoms with E-state index in [1.54, 1.807) is 13.0 Å². The zero-order valence-electron chi connectivity index (χ0n) is 8.85. The van der Waals surface area contributed by atoms with Crippen molar-refractivity contribution in [3.8, 4) is 0 Å². The van der Waals surface area contributed by atoms with E-state index >= 15 is 0 Å². The molecule has 0 radical (unpaired) electrons. The van der Waals surface area contributed by atoms with Crippen LogP contribution >= 0.6 is 0 Å². The van der Waals surface area contributed by atoms with Crippen molar-refractivity contribution in [2.75, 3.05) is 13.2 Å². The van der Waals surface area contributed by atoms with Gasteiger partial charge in [0, 0.05) is 12.5 Å². The number of carbonyl (C=O) groups is 1. The molecule has 1 heterocycles. The monoisotopic (exact) mass is 208 g/mol. The van der Waals surface area contributed by atoms with Gasteiger partial charge in [0.25, 0.3) is 0 Å². The summed E-state index contributed by atoms with van der Waals surface area (Å²) in [6.07, 6.45) is 7.79. The summed E-state index contributed by atoms with van der Waals surface area (Å²) in [6.45, 7) is 2.96. The molecule has 0 amide bonds. The molecule has 82 valence electrons. The molecule has 0 bridgehead atoms. The molecule has 1 N–H and O–H groups in total. The molecule has 3 nitrogen and oxygen atoms in total. The third-order valence-corrected chi connectivity index (χ3v) is 3.30. The Bertz CT molecular complexity index is 309. The maximum atomic E-state index is 11.7. The van der Waals surface area contributed by atoms with Crippen LogP contribution in [0.5, 0.6) is 0 Å². The molecule has 2 aliphatic rings. The average Bonchev–Trinajstić information content (AvgIpc) is 2.65. The number of carbonyl (C=O) groups excluding carboxylic acids is 1. The zero-order chi connectivity index (χ0) is 10.9. The number of ketones is 1. The quantitative estimate of drug-likeness (QED) is 0.701. The van der Waals surface area contributed by atoms with Gasteiger partial charge in [-0.3, -0.25) is 4.79 Å². The number of allylic oxidation sites excluding steroid dienone is 2. The van der Waals surface area contributed by atoms with Crippen molar-refractivity contribution in [3.05, 3.63) is 24.3 Å². The van der Waals surface area contributed by atoms with Gasteiger partial charge >= 0.3 is 0 Å². The lowest BCUT2D eigenvalue weighted by Crippen LogP contribution is -2.44. The van der Waals surface area contributed by atoms with E-state index in [2.05, 4.69) is 0 Å². The van der Waals surface area contributed by atoms with Crippen molar-refractivity contribution >= 4 is 5.78 Å². The molecule has 0 aromatic rings. The van der Waals surface area contributed by atoms with Crippen LogP contribution in [0.1, 0.15) is 13.3 Å². The van der Waals surface area contributed by atoms with Gasteiger partial charge < -0.3 is 9.84 Å². The number of hydrogen-bond acceptors (Lipinski definition) is 3. The molecule has 0 spiro atoms. The standard InChI is InChI=1S/C12H16O3/c1-12(14)10(9-6-7-15-8-9)4-2-3-5-11(12)13/h2-5,9-10,14H,6-8H2,1H3. The Balaban J connectivity index is 2.25. The van der Waals surface area contributed by atoms with Gasteiger partial charge in [-0.15, -0.1) is 0 Å². The lowest BCUT2D eigenvalue weighted by molar-refractivity contribution is -0.135. The zero-order valence-corrected chi connectivity index (χ0v) is 8.85. The van der Waals surface area contributed by atoms with E-state index in [1.165, 1.54) is 6.08 Å². The van der Waals surface area contributed by atoms with Gasteiger partial charge in [-0.2, -0.15) is 0 Å². The van der Waals surface area contributed by atoms with Crippen molar-refractivity contribution in [2.45, 2.75) is 18.9 Å². The highest BCUT2D eigenvalue weighted by atomic mass is 16.5. The molecule has 3 heteroatoms. The summed E-state index contributed by atoms with van der Waals surface area (Å²) in [5.74, 6) is -0.105. The summed E-state index contributed by atoms with van der Waals surface area (Å²) < 4.78 is 5.30. The first kappa shape index (κ1) is 10.6. The van der Waals surface area contributed by atoms with E-state index in [9.17, 15) is 9.90 Å². The van der Waals surface area contributed by atoms with Crippen LogP contribution in [0.15, 0.2) is 24.3 Å². The summed E-state index contributed by atoms with van der Waals surface area (Å²) in [5.41, 5.74) is -1.29. The Kier molecular flexibility index (Phi) is 2.76. The van der Waals surface area contributed by atoms with Crippen LogP contribution in [0, 0.1) is 11.8 Å². The number of ether oxygens (including phenoxy) is 1. The Morgan fingerprint density at radius 3 is 3.00 bits per heavy atom. The van der Waals surface area contributed by atoms with Gasteiger partial charge in [-0.25, -0.2) is 0 Å². The molecule has 15 heavy (non-hydrogen) atoms. The lowest BCUT2D eigenvalue weighted by atomic mass is 9.77. The van der Waals surface area contributed by atoms with Crippen LogP contribution in [0.3, 0.4) is 0 Å². The summed E-state index contributed by atoms with van der Waals surface area (Å²) in [4.78, 5) is 11.7. The number of aliphatic hydroxyl groups is 1. The second-order valence-electron chi connectivity index (χ2n) is 4.41. The van der Waals surface area contributed by atoms with E-state index in [1.807, 2.05) is 12.2 Å². The predicted octanol–water partition coefficient (Wildman–Crippen LogP) is 1.09. The first-order valence-corrected chi connectivity index (χ1v) is 5.32. The third kappa shape index (κ3) is 1.90. The molecule has 1 aliphatic heterocycles. The molecule has 1 saturated heterocycles. The molecule has 1 fully saturated rings. The Labute approximate surface area is 89.4 Å². The van der Waals surface area contributed by atoms with Crippen molar-refractivity contribution in [2.24, 2.45) is 11.8 Å². The molecule has 2 rings (SSSR count). The third-order valence-electron chi connectivity index (χ3n) is 3.30. The van der Waals surface area contributed by atoms with E-state index in [4.69, 9.17) is 4.74 Å². The molecular formula is C12H16O3. The van der Waals surface area contributed by atoms with Gasteiger partial charge in [0.2, 0.25) is 0 Å². The van der Waals surface area contributed by atoms with E-state index in [-0.39, 0.29) is 17.6 Å². The first-order chi connectivity index (χ1) is 7.12. The average molecular weight is 208 g/mol. The molecule has 0 saturated carbocycles. The van der Waals surface area contributed by atoms with Crippen molar-refractivity contribution in [1.29, 1.82) is 0 Å². The minimum Gasteiger partial charge on any atom is -0.381 e. The Morgan fingerprint density at radius 1 is 1.53 bits per heavy atom. The lowest BCUT2D eigenvalue weighted by Gasteiger charge is -2.31. The highest BCUT2D eigenvalue weighted by Crippen LogP contribution is 2.34. The molecular weight excluding hydrogens is 192 g/mol. The van der Waals surface area contributed by atoms with E-state index in [0.717, 1.165) is 13.0 Å². The highest BCUT2D eigenvalue weighted by molar-refractivity contribution is 5.97. The second-order valence-corrected chi connectivity index (χ2v) is 4.41. The summed E-state index contributed by atoms with van der Waals surface area (Å²) in [6, 6.07) is 0. The summed E-state index contributed by atoms with van der Waals surface area (Å²) in [7, 11) is 0. The van der Waals surface area contributed by atoms with Crippen LogP contribution in [0.4, 0.5) is 0 Å². The molecule has 3 atom stereocenters. The van der Waals surface area contributed by atoms with Crippen LogP contribution in [0.25, 0.3) is 0 Å². The maximum absolute atomic E-state index is 11.7. The Hall–Kier alpha value is -0.930. The normalized spacial score (nSPS) is 40.8. The fourth-order valence-corrected chi connectivity index (χ4v) is 2.30. The van der Waals surface area contributed by atoms with Crippen molar-refractivity contribution in [3.63, 3.8) is 0 Å². The maximum Gasteiger partial charge on any atom is 0.187 e. The molecule has 3 unspecified atom stereocenters. The van der Waals surface area contributed by atoms with Gasteiger partial charge in [0.15, 0.2) is 5.78 Å². The minimum atomic E-state index is -1.29. The van der Waals surface area contributed by atoms with Crippen LogP contribution in [-0.2, 0) is 9.53 Å². The summed E-state index contributed by atoms with van der Waals surface area (Å²) in [5, 5.41) is 10.2. The molecule has 1 aliphatic carbocycles. The Morgan fingerprint density at radius 2 is 2.33 bits per heavy atom.